The first-order valence-electron chi connectivity index (χ1n) is 10.1. The van der Waals surface area contributed by atoms with Gasteiger partial charge in [0, 0.05) is 24.1 Å². The van der Waals surface area contributed by atoms with E-state index in [9.17, 15) is 19.2 Å². The van der Waals surface area contributed by atoms with E-state index in [0.29, 0.717) is 36.9 Å². The summed E-state index contributed by atoms with van der Waals surface area (Å²) >= 11 is 0. The Balaban J connectivity index is 1.46. The van der Waals surface area contributed by atoms with E-state index in [1.54, 1.807) is 31.2 Å². The van der Waals surface area contributed by atoms with E-state index in [1.165, 1.54) is 5.56 Å². The maximum absolute atomic E-state index is 13.1. The van der Waals surface area contributed by atoms with E-state index in [0.717, 1.165) is 10.5 Å². The summed E-state index contributed by atoms with van der Waals surface area (Å²) in [6.45, 7) is 1.44. The number of aryl methyl sites for hydroxylation is 1. The quantitative estimate of drug-likeness (QED) is 0.591. The molecule has 2 aromatic carbocycles. The Morgan fingerprint density at radius 1 is 1.07 bits per heavy atom. The molecule has 4 rings (SSSR count). The summed E-state index contributed by atoms with van der Waals surface area (Å²) in [5.41, 5.74) is 2.23. The zero-order valence-corrected chi connectivity index (χ0v) is 16.7. The van der Waals surface area contributed by atoms with E-state index < -0.39 is 11.6 Å². The zero-order chi connectivity index (χ0) is 21.3. The number of nitrogens with one attached hydrogen (secondary N) is 2. The van der Waals surface area contributed by atoms with Crippen LogP contribution in [-0.2, 0) is 22.4 Å². The van der Waals surface area contributed by atoms with Crippen LogP contribution in [0, 0.1) is 0 Å². The molecule has 1 atom stereocenters. The smallest absolute Gasteiger partial charge is 0.325 e. The van der Waals surface area contributed by atoms with Gasteiger partial charge in [0.05, 0.1) is 6.54 Å². The topological polar surface area (TPSA) is 95.6 Å². The van der Waals surface area contributed by atoms with Crippen LogP contribution in [0.3, 0.4) is 0 Å². The van der Waals surface area contributed by atoms with Gasteiger partial charge in [-0.2, -0.15) is 0 Å². The number of rotatable bonds is 5. The number of Topliss-reactive ketones (excluding diaryl/α,β-unsaturated/α-hetero) is 1. The van der Waals surface area contributed by atoms with Gasteiger partial charge in [-0.15, -0.1) is 0 Å². The summed E-state index contributed by atoms with van der Waals surface area (Å²) < 4.78 is 0. The molecule has 0 bridgehead atoms. The van der Waals surface area contributed by atoms with Gasteiger partial charge in [0.2, 0.25) is 5.91 Å². The van der Waals surface area contributed by atoms with Crippen molar-refractivity contribution in [1.29, 1.82) is 0 Å². The van der Waals surface area contributed by atoms with Crippen molar-refractivity contribution in [3.63, 3.8) is 0 Å². The monoisotopic (exact) mass is 405 g/mol. The van der Waals surface area contributed by atoms with Crippen LogP contribution in [0.25, 0.3) is 0 Å². The highest BCUT2D eigenvalue weighted by Crippen LogP contribution is 2.33. The number of imide groups is 1. The van der Waals surface area contributed by atoms with Crippen molar-refractivity contribution in [3.8, 4) is 0 Å². The summed E-state index contributed by atoms with van der Waals surface area (Å²) in [5.74, 6) is -0.796. The van der Waals surface area contributed by atoms with Crippen LogP contribution >= 0.6 is 0 Å². The van der Waals surface area contributed by atoms with Crippen LogP contribution in [0.15, 0.2) is 48.5 Å². The highest BCUT2D eigenvalue weighted by Gasteiger charge is 2.52. The summed E-state index contributed by atoms with van der Waals surface area (Å²) in [4.78, 5) is 50.8. The van der Waals surface area contributed by atoms with Gasteiger partial charge < -0.3 is 10.6 Å². The van der Waals surface area contributed by atoms with Crippen LogP contribution in [0.2, 0.25) is 0 Å². The number of carbonyl (C=O) groups excluding carboxylic acids is 4. The molecule has 30 heavy (non-hydrogen) atoms. The summed E-state index contributed by atoms with van der Waals surface area (Å²) in [7, 11) is 0. The third kappa shape index (κ3) is 3.58. The van der Waals surface area contributed by atoms with Crippen molar-refractivity contribution in [2.45, 2.75) is 38.1 Å². The van der Waals surface area contributed by atoms with Gasteiger partial charge in [0.1, 0.15) is 5.54 Å². The van der Waals surface area contributed by atoms with Gasteiger partial charge >= 0.3 is 6.03 Å². The van der Waals surface area contributed by atoms with Crippen molar-refractivity contribution in [1.82, 2.24) is 10.2 Å². The predicted molar refractivity (Wildman–Crippen MR) is 111 cm³/mol. The minimum atomic E-state index is -0.972. The molecule has 0 unspecified atom stereocenters. The molecular formula is C23H23N3O4. The first-order chi connectivity index (χ1) is 14.4. The molecule has 0 aromatic heterocycles. The molecule has 1 spiro atoms. The van der Waals surface area contributed by atoms with Gasteiger partial charge in [0.25, 0.3) is 5.91 Å². The number of hydrogen-bond donors (Lipinski definition) is 2. The lowest BCUT2D eigenvalue weighted by molar-refractivity contribution is -0.131. The Hall–Kier alpha value is -3.48. The molecule has 1 aliphatic heterocycles. The van der Waals surface area contributed by atoms with Crippen molar-refractivity contribution < 1.29 is 19.2 Å². The molecule has 154 valence electrons. The molecule has 1 saturated heterocycles. The standard InChI is InChI=1S/C23H23N3O4/c1-2-20(28)24-18-9-7-16(8-10-18)19(27)14-26-21(29)23(25-22(26)30)12-11-15-5-3-4-6-17(15)13-23/h3-10H,2,11-14H2,1H3,(H,24,28)(H,25,30)/t23-/m1/s1. The molecule has 2 aromatic rings. The first-order valence-corrected chi connectivity index (χ1v) is 10.1. The van der Waals surface area contributed by atoms with Crippen molar-refractivity contribution in [2.24, 2.45) is 0 Å². The average Bonchev–Trinajstić information content (AvgIpc) is 2.97. The molecule has 1 aliphatic carbocycles. The second-order valence-corrected chi connectivity index (χ2v) is 7.75. The van der Waals surface area contributed by atoms with E-state index in [-0.39, 0.29) is 24.1 Å². The van der Waals surface area contributed by atoms with Gasteiger partial charge in [-0.25, -0.2) is 4.79 Å². The third-order valence-corrected chi connectivity index (χ3v) is 5.79. The summed E-state index contributed by atoms with van der Waals surface area (Å²) in [6.07, 6.45) is 2.02. The molecule has 2 aliphatic rings. The van der Waals surface area contributed by atoms with Gasteiger partial charge in [-0.05, 0) is 48.2 Å². The van der Waals surface area contributed by atoms with Gasteiger partial charge in [0.15, 0.2) is 5.78 Å². The fraction of sp³-hybridized carbons (Fsp3) is 0.304. The Labute approximate surface area is 174 Å². The summed E-state index contributed by atoms with van der Waals surface area (Å²) in [5, 5.41) is 5.55. The number of nitrogens with zero attached hydrogens (tertiary/aromatic N) is 1. The molecule has 7 nitrogen and oxygen atoms in total. The number of benzene rings is 2. The largest absolute Gasteiger partial charge is 0.326 e. The van der Waals surface area contributed by atoms with Crippen LogP contribution < -0.4 is 10.6 Å². The van der Waals surface area contributed by atoms with Crippen LogP contribution in [0.4, 0.5) is 10.5 Å². The molecular weight excluding hydrogens is 382 g/mol. The van der Waals surface area contributed by atoms with Crippen LogP contribution in [0.5, 0.6) is 0 Å². The van der Waals surface area contributed by atoms with E-state index in [1.807, 2.05) is 24.3 Å². The number of amides is 4. The molecule has 7 heteroatoms. The Morgan fingerprint density at radius 3 is 2.47 bits per heavy atom. The lowest BCUT2D eigenvalue weighted by Gasteiger charge is -2.32. The van der Waals surface area contributed by atoms with Gasteiger partial charge in [-0.1, -0.05) is 31.2 Å². The number of hydrogen-bond acceptors (Lipinski definition) is 4. The zero-order valence-electron chi connectivity index (χ0n) is 16.7. The third-order valence-electron chi connectivity index (χ3n) is 5.79. The fourth-order valence-electron chi connectivity index (χ4n) is 4.07. The molecule has 2 N–H and O–H groups in total. The van der Waals surface area contributed by atoms with Crippen molar-refractivity contribution >= 4 is 29.3 Å². The fourth-order valence-corrected chi connectivity index (χ4v) is 4.07. The highest BCUT2D eigenvalue weighted by atomic mass is 16.2. The van der Waals surface area contributed by atoms with Crippen LogP contribution in [0.1, 0.15) is 41.3 Å². The maximum Gasteiger partial charge on any atom is 0.325 e. The number of urea groups is 1. The number of anilines is 1. The summed E-state index contributed by atoms with van der Waals surface area (Å²) in [6, 6.07) is 13.8. The first kappa shape index (κ1) is 19.8. The second-order valence-electron chi connectivity index (χ2n) is 7.75. The number of carbonyl (C=O) groups is 4. The SMILES string of the molecule is CCC(=O)Nc1ccc(C(=O)CN2C(=O)N[C@@]3(CCc4ccccc4C3)C2=O)cc1. The lowest BCUT2D eigenvalue weighted by Crippen LogP contribution is -2.51. The van der Waals surface area contributed by atoms with Gasteiger partial charge in [-0.3, -0.25) is 19.3 Å². The Bertz CT molecular complexity index is 1030. The highest BCUT2D eigenvalue weighted by molar-refractivity contribution is 6.11. The van der Waals surface area contributed by atoms with E-state index >= 15 is 0 Å². The Kier molecular flexibility index (Phi) is 5.11. The van der Waals surface area contributed by atoms with Crippen LogP contribution in [-0.4, -0.2) is 40.6 Å². The van der Waals surface area contributed by atoms with Crippen molar-refractivity contribution in [2.75, 3.05) is 11.9 Å². The predicted octanol–water partition coefficient (Wildman–Crippen LogP) is 2.70. The van der Waals surface area contributed by atoms with Crippen molar-refractivity contribution in [3.05, 3.63) is 65.2 Å². The molecule has 0 saturated carbocycles. The van der Waals surface area contributed by atoms with E-state index in [4.69, 9.17) is 0 Å². The normalized spacial score (nSPS) is 20.1. The molecule has 1 heterocycles. The Morgan fingerprint density at radius 2 is 1.77 bits per heavy atom. The number of fused-ring (bicyclic) bond motifs is 1. The number of ketones is 1. The lowest BCUT2D eigenvalue weighted by atomic mass is 9.78. The molecule has 4 amide bonds. The maximum atomic E-state index is 13.1. The minimum Gasteiger partial charge on any atom is -0.326 e. The second kappa shape index (κ2) is 7.74. The molecule has 0 radical (unpaired) electrons. The molecule has 1 fully saturated rings. The van der Waals surface area contributed by atoms with E-state index in [2.05, 4.69) is 10.6 Å². The minimum absolute atomic E-state index is 0.118. The average molecular weight is 405 g/mol.